The molecule has 0 aliphatic carbocycles. The largest absolute Gasteiger partial charge is 0.486 e. The minimum Gasteiger partial charge on any atom is -0.486 e. The lowest BCUT2D eigenvalue weighted by atomic mass is 10.1. The Morgan fingerprint density at radius 2 is 1.88 bits per heavy atom. The summed E-state index contributed by atoms with van der Waals surface area (Å²) in [4.78, 5) is 0. The van der Waals surface area contributed by atoms with Gasteiger partial charge < -0.3 is 15.2 Å². The van der Waals surface area contributed by atoms with Crippen LogP contribution in [-0.4, -0.2) is 23.5 Å². The van der Waals surface area contributed by atoms with Crippen molar-refractivity contribution in [2.45, 2.75) is 0 Å². The summed E-state index contributed by atoms with van der Waals surface area (Å²) >= 11 is 0. The normalized spacial score (nSPS) is 13.8. The van der Waals surface area contributed by atoms with E-state index in [1.165, 1.54) is 0 Å². The van der Waals surface area contributed by atoms with Crippen LogP contribution < -0.4 is 15.2 Å². The van der Waals surface area contributed by atoms with Crippen LogP contribution in [0.25, 0.3) is 11.3 Å². The number of ether oxygens (including phenoxy) is 2. The lowest BCUT2D eigenvalue weighted by Crippen LogP contribution is -2.15. The Bertz CT molecular complexity index is 524. The van der Waals surface area contributed by atoms with Crippen LogP contribution in [0.15, 0.2) is 22.8 Å². The van der Waals surface area contributed by atoms with Crippen LogP contribution in [0, 0.1) is 0 Å². The predicted molar refractivity (Wildman–Crippen MR) is 55.1 cm³/mol. The third-order valence-corrected chi connectivity index (χ3v) is 2.33. The molecule has 82 valence electrons. The number of nitrogens with two attached hydrogens (primary N) is 1. The number of hydrogen-bond acceptors (Lipinski definition) is 6. The average molecular weight is 219 g/mol. The van der Waals surface area contributed by atoms with Gasteiger partial charge in [0.15, 0.2) is 23.0 Å². The van der Waals surface area contributed by atoms with E-state index in [-0.39, 0.29) is 5.82 Å². The molecule has 1 aliphatic heterocycles. The van der Waals surface area contributed by atoms with E-state index in [1.807, 2.05) is 18.2 Å². The molecule has 1 aromatic heterocycles. The molecule has 2 heterocycles. The first-order valence-electron chi connectivity index (χ1n) is 4.82. The Kier molecular flexibility index (Phi) is 1.92. The lowest BCUT2D eigenvalue weighted by Gasteiger charge is -2.18. The molecule has 0 saturated heterocycles. The number of hydrogen-bond donors (Lipinski definition) is 1. The first-order chi connectivity index (χ1) is 7.84. The number of nitrogens with zero attached hydrogens (tertiary/aromatic N) is 2. The van der Waals surface area contributed by atoms with Gasteiger partial charge in [-0.1, -0.05) is 0 Å². The van der Waals surface area contributed by atoms with Gasteiger partial charge in [0.1, 0.15) is 13.2 Å². The molecule has 6 nitrogen and oxygen atoms in total. The summed E-state index contributed by atoms with van der Waals surface area (Å²) < 4.78 is 15.4. The fourth-order valence-electron chi connectivity index (χ4n) is 1.59. The molecule has 16 heavy (non-hydrogen) atoms. The lowest BCUT2D eigenvalue weighted by molar-refractivity contribution is 0.171. The minimum atomic E-state index is 0.261. The van der Waals surface area contributed by atoms with Crippen LogP contribution in [0.4, 0.5) is 5.82 Å². The zero-order chi connectivity index (χ0) is 11.0. The molecule has 1 aliphatic rings. The van der Waals surface area contributed by atoms with Gasteiger partial charge in [-0.2, -0.15) is 0 Å². The molecule has 1 aromatic carbocycles. The molecule has 0 amide bonds. The molecule has 0 fully saturated rings. The van der Waals surface area contributed by atoms with Crippen molar-refractivity contribution < 1.29 is 14.1 Å². The van der Waals surface area contributed by atoms with E-state index in [9.17, 15) is 0 Å². The van der Waals surface area contributed by atoms with E-state index in [0.29, 0.717) is 24.7 Å². The molecule has 6 heteroatoms. The maximum absolute atomic E-state index is 5.61. The first kappa shape index (κ1) is 9.02. The highest BCUT2D eigenvalue weighted by molar-refractivity contribution is 5.71. The number of nitrogen functional groups attached to an aromatic ring is 1. The van der Waals surface area contributed by atoms with Gasteiger partial charge in [0.25, 0.3) is 0 Å². The van der Waals surface area contributed by atoms with Crippen LogP contribution >= 0.6 is 0 Å². The highest BCUT2D eigenvalue weighted by Gasteiger charge is 2.15. The SMILES string of the molecule is Nc1nonc1-c1ccc2c(c1)OCCO2. The summed E-state index contributed by atoms with van der Waals surface area (Å²) in [5.74, 6) is 1.67. The third-order valence-electron chi connectivity index (χ3n) is 2.33. The molecule has 0 spiro atoms. The third kappa shape index (κ3) is 1.35. The van der Waals surface area contributed by atoms with E-state index in [0.717, 1.165) is 11.3 Å². The number of anilines is 1. The van der Waals surface area contributed by atoms with Gasteiger partial charge in [-0.3, -0.25) is 0 Å². The van der Waals surface area contributed by atoms with Crippen molar-refractivity contribution in [1.82, 2.24) is 10.3 Å². The molecule has 0 atom stereocenters. The molecular weight excluding hydrogens is 210 g/mol. The van der Waals surface area contributed by atoms with Gasteiger partial charge in [0, 0.05) is 5.56 Å². The average Bonchev–Trinajstić information content (AvgIpc) is 2.75. The molecule has 3 rings (SSSR count). The fourth-order valence-corrected chi connectivity index (χ4v) is 1.59. The van der Waals surface area contributed by atoms with Crippen LogP contribution in [0.1, 0.15) is 0 Å². The summed E-state index contributed by atoms with van der Waals surface area (Å²) in [6.45, 7) is 1.11. The second kappa shape index (κ2) is 3.41. The number of rotatable bonds is 1. The van der Waals surface area contributed by atoms with E-state index in [2.05, 4.69) is 14.9 Å². The van der Waals surface area contributed by atoms with Crippen LogP contribution in [0.2, 0.25) is 0 Å². The maximum atomic E-state index is 5.61. The summed E-state index contributed by atoms with van der Waals surface area (Å²) in [6.07, 6.45) is 0. The summed E-state index contributed by atoms with van der Waals surface area (Å²) in [5.41, 5.74) is 6.91. The number of aromatic nitrogens is 2. The van der Waals surface area contributed by atoms with E-state index in [4.69, 9.17) is 15.2 Å². The van der Waals surface area contributed by atoms with Crippen molar-refractivity contribution >= 4 is 5.82 Å². The van der Waals surface area contributed by atoms with Crippen LogP contribution in [0.3, 0.4) is 0 Å². The summed E-state index contributed by atoms with van der Waals surface area (Å²) in [6, 6.07) is 5.46. The maximum Gasteiger partial charge on any atom is 0.196 e. The van der Waals surface area contributed by atoms with Crippen LogP contribution in [0.5, 0.6) is 11.5 Å². The molecule has 0 radical (unpaired) electrons. The van der Waals surface area contributed by atoms with Crippen molar-refractivity contribution in [3.63, 3.8) is 0 Å². The Labute approximate surface area is 90.9 Å². The van der Waals surface area contributed by atoms with Crippen molar-refractivity contribution in [3.05, 3.63) is 18.2 Å². The summed E-state index contributed by atoms with van der Waals surface area (Å²) in [5, 5.41) is 7.25. The highest BCUT2D eigenvalue weighted by atomic mass is 16.6. The summed E-state index contributed by atoms with van der Waals surface area (Å²) in [7, 11) is 0. The van der Waals surface area contributed by atoms with E-state index >= 15 is 0 Å². The zero-order valence-electron chi connectivity index (χ0n) is 8.34. The van der Waals surface area contributed by atoms with E-state index < -0.39 is 0 Å². The van der Waals surface area contributed by atoms with Gasteiger partial charge in [-0.05, 0) is 28.5 Å². The highest BCUT2D eigenvalue weighted by Crippen LogP contribution is 2.34. The standard InChI is InChI=1S/C10H9N3O3/c11-10-9(12-16-13-10)6-1-2-7-8(5-6)15-4-3-14-7/h1-2,5H,3-4H2,(H2,11,13). The molecule has 2 N–H and O–H groups in total. The number of benzene rings is 1. The van der Waals surface area contributed by atoms with E-state index in [1.54, 1.807) is 0 Å². The van der Waals surface area contributed by atoms with Gasteiger partial charge in [-0.15, -0.1) is 0 Å². The number of fused-ring (bicyclic) bond motifs is 1. The zero-order valence-corrected chi connectivity index (χ0v) is 8.34. The second-order valence-electron chi connectivity index (χ2n) is 3.36. The second-order valence-corrected chi connectivity index (χ2v) is 3.36. The molecular formula is C10H9N3O3. The Hall–Kier alpha value is -2.24. The quantitative estimate of drug-likeness (QED) is 0.772. The minimum absolute atomic E-state index is 0.261. The molecule has 0 unspecified atom stereocenters. The molecule has 2 aromatic rings. The van der Waals surface area contributed by atoms with Crippen LogP contribution in [-0.2, 0) is 0 Å². The Morgan fingerprint density at radius 1 is 1.06 bits per heavy atom. The van der Waals surface area contributed by atoms with Crippen molar-refractivity contribution in [1.29, 1.82) is 0 Å². The van der Waals surface area contributed by atoms with Crippen molar-refractivity contribution in [2.75, 3.05) is 18.9 Å². The van der Waals surface area contributed by atoms with Gasteiger partial charge in [0.2, 0.25) is 0 Å². The van der Waals surface area contributed by atoms with Gasteiger partial charge in [-0.25, -0.2) is 4.63 Å². The Morgan fingerprint density at radius 3 is 2.62 bits per heavy atom. The van der Waals surface area contributed by atoms with Crippen molar-refractivity contribution in [2.24, 2.45) is 0 Å². The predicted octanol–water partition coefficient (Wildman–Crippen LogP) is 1.09. The van der Waals surface area contributed by atoms with Gasteiger partial charge in [0.05, 0.1) is 0 Å². The molecule has 0 saturated carbocycles. The molecule has 0 bridgehead atoms. The Balaban J connectivity index is 2.06. The monoisotopic (exact) mass is 219 g/mol. The van der Waals surface area contributed by atoms with Crippen molar-refractivity contribution in [3.8, 4) is 22.8 Å². The van der Waals surface area contributed by atoms with Gasteiger partial charge >= 0.3 is 0 Å². The first-order valence-corrected chi connectivity index (χ1v) is 4.82. The topological polar surface area (TPSA) is 83.4 Å². The smallest absolute Gasteiger partial charge is 0.196 e. The fraction of sp³-hybridized carbons (Fsp3) is 0.200.